The van der Waals surface area contributed by atoms with Gasteiger partial charge < -0.3 is 5.32 Å². The minimum Gasteiger partial charge on any atom is -0.362 e. The summed E-state index contributed by atoms with van der Waals surface area (Å²) in [4.78, 5) is 12.4. The van der Waals surface area contributed by atoms with Crippen LogP contribution in [0.2, 0.25) is 0 Å². The molecule has 2 heteroatoms. The van der Waals surface area contributed by atoms with E-state index in [0.717, 1.165) is 29.9 Å². The molecule has 1 aromatic rings. The van der Waals surface area contributed by atoms with Crippen LogP contribution in [0.4, 0.5) is 5.69 Å². The first-order valence-electron chi connectivity index (χ1n) is 8.72. The Morgan fingerprint density at radius 3 is 2.23 bits per heavy atom. The molecule has 0 unspecified atom stereocenters. The van der Waals surface area contributed by atoms with Crippen molar-refractivity contribution in [1.29, 1.82) is 0 Å². The molecule has 4 aliphatic rings. The Kier molecular flexibility index (Phi) is 3.56. The fraction of sp³-hybridized carbons (Fsp3) is 0.550. The second-order valence-corrected chi connectivity index (χ2v) is 7.90. The van der Waals surface area contributed by atoms with E-state index >= 15 is 0 Å². The minimum atomic E-state index is 0.297. The summed E-state index contributed by atoms with van der Waals surface area (Å²) in [5.74, 6) is 3.06. The van der Waals surface area contributed by atoms with Crippen LogP contribution >= 0.6 is 0 Å². The molecule has 4 saturated carbocycles. The van der Waals surface area contributed by atoms with Crippen LogP contribution in [0.15, 0.2) is 42.6 Å². The Balaban J connectivity index is 1.36. The van der Waals surface area contributed by atoms with E-state index in [2.05, 4.69) is 5.32 Å². The molecule has 1 aromatic carbocycles. The van der Waals surface area contributed by atoms with Crippen LogP contribution in [0, 0.1) is 23.2 Å². The first kappa shape index (κ1) is 14.0. The van der Waals surface area contributed by atoms with Crippen LogP contribution < -0.4 is 5.32 Å². The van der Waals surface area contributed by atoms with Gasteiger partial charge in [-0.2, -0.15) is 0 Å². The first-order valence-corrected chi connectivity index (χ1v) is 8.72. The Bertz CT molecular complexity index is 539. The quantitative estimate of drug-likeness (QED) is 0.791. The van der Waals surface area contributed by atoms with Crippen molar-refractivity contribution in [3.8, 4) is 0 Å². The van der Waals surface area contributed by atoms with Gasteiger partial charge in [0.15, 0.2) is 5.78 Å². The number of rotatable bonds is 5. The molecule has 0 spiro atoms. The third-order valence-electron chi connectivity index (χ3n) is 6.01. The molecule has 4 fully saturated rings. The van der Waals surface area contributed by atoms with Crippen LogP contribution in [0.1, 0.15) is 44.9 Å². The topological polar surface area (TPSA) is 29.1 Å². The van der Waals surface area contributed by atoms with Gasteiger partial charge in [-0.05, 0) is 79.9 Å². The van der Waals surface area contributed by atoms with Gasteiger partial charge in [-0.3, -0.25) is 4.79 Å². The van der Waals surface area contributed by atoms with Crippen molar-refractivity contribution in [1.82, 2.24) is 0 Å². The van der Waals surface area contributed by atoms with Crippen molar-refractivity contribution < 1.29 is 4.79 Å². The zero-order valence-electron chi connectivity index (χ0n) is 13.1. The second kappa shape index (κ2) is 5.57. The molecule has 22 heavy (non-hydrogen) atoms. The van der Waals surface area contributed by atoms with Crippen LogP contribution in [-0.4, -0.2) is 5.78 Å². The average molecular weight is 295 g/mol. The molecule has 0 atom stereocenters. The Morgan fingerprint density at radius 2 is 1.64 bits per heavy atom. The lowest BCUT2D eigenvalue weighted by atomic mass is 9.48. The summed E-state index contributed by atoms with van der Waals surface area (Å²) in [6.45, 7) is 0. The molecule has 0 radical (unpaired) electrons. The number of carbonyl (C=O) groups excluding carboxylic acids is 1. The van der Waals surface area contributed by atoms with E-state index in [9.17, 15) is 4.79 Å². The van der Waals surface area contributed by atoms with E-state index in [0.29, 0.717) is 11.2 Å². The monoisotopic (exact) mass is 295 g/mol. The highest BCUT2D eigenvalue weighted by molar-refractivity contribution is 5.90. The van der Waals surface area contributed by atoms with Gasteiger partial charge >= 0.3 is 0 Å². The largest absolute Gasteiger partial charge is 0.362 e. The van der Waals surface area contributed by atoms with E-state index in [4.69, 9.17) is 0 Å². The van der Waals surface area contributed by atoms with E-state index in [-0.39, 0.29) is 0 Å². The summed E-state index contributed by atoms with van der Waals surface area (Å²) in [6.07, 6.45) is 12.6. The van der Waals surface area contributed by atoms with Crippen molar-refractivity contribution in [2.75, 3.05) is 5.32 Å². The molecule has 0 amide bonds. The molecule has 4 aliphatic carbocycles. The maximum absolute atomic E-state index is 12.4. The van der Waals surface area contributed by atoms with E-state index in [1.165, 1.54) is 38.5 Å². The Morgan fingerprint density at radius 1 is 1.05 bits per heavy atom. The number of carbonyl (C=O) groups is 1. The summed E-state index contributed by atoms with van der Waals surface area (Å²) in [5.41, 5.74) is 1.38. The average Bonchev–Trinajstić information content (AvgIpc) is 2.46. The molecule has 0 saturated heterocycles. The smallest absolute Gasteiger partial charge is 0.157 e. The molecule has 116 valence electrons. The minimum absolute atomic E-state index is 0.297. The fourth-order valence-corrected chi connectivity index (χ4v) is 5.70. The third kappa shape index (κ3) is 2.84. The number of ketones is 1. The Labute approximate surface area is 133 Å². The van der Waals surface area contributed by atoms with Crippen molar-refractivity contribution in [2.24, 2.45) is 23.2 Å². The van der Waals surface area contributed by atoms with Gasteiger partial charge in [0, 0.05) is 18.3 Å². The molecule has 0 aromatic heterocycles. The molecule has 2 nitrogen and oxygen atoms in total. The van der Waals surface area contributed by atoms with Crippen LogP contribution in [0.25, 0.3) is 0 Å². The molecule has 0 aliphatic heterocycles. The number of para-hydroxylation sites is 1. The molecular weight excluding hydrogens is 270 g/mol. The number of nitrogens with one attached hydrogen (secondary N) is 1. The highest BCUT2D eigenvalue weighted by atomic mass is 16.1. The maximum Gasteiger partial charge on any atom is 0.157 e. The molecule has 4 bridgehead atoms. The Hall–Kier alpha value is -1.57. The number of anilines is 1. The predicted octanol–water partition coefficient (Wildman–Crippen LogP) is 4.79. The van der Waals surface area contributed by atoms with Crippen LogP contribution in [-0.2, 0) is 4.79 Å². The van der Waals surface area contributed by atoms with Crippen molar-refractivity contribution in [3.05, 3.63) is 42.6 Å². The maximum atomic E-state index is 12.4. The van der Waals surface area contributed by atoms with Crippen molar-refractivity contribution in [2.45, 2.75) is 44.9 Å². The lowest BCUT2D eigenvalue weighted by molar-refractivity contribution is -0.122. The van der Waals surface area contributed by atoms with Gasteiger partial charge in [0.25, 0.3) is 0 Å². The normalized spacial score (nSPS) is 35.9. The van der Waals surface area contributed by atoms with Gasteiger partial charge in [-0.1, -0.05) is 18.2 Å². The summed E-state index contributed by atoms with van der Waals surface area (Å²) in [6, 6.07) is 10.00. The van der Waals surface area contributed by atoms with Crippen molar-refractivity contribution >= 4 is 11.5 Å². The molecule has 5 rings (SSSR count). The zero-order chi connectivity index (χ0) is 15.0. The van der Waals surface area contributed by atoms with Gasteiger partial charge in [0.1, 0.15) is 0 Å². The summed E-state index contributed by atoms with van der Waals surface area (Å²) < 4.78 is 0. The zero-order valence-corrected chi connectivity index (χ0v) is 13.1. The third-order valence-corrected chi connectivity index (χ3v) is 6.01. The van der Waals surface area contributed by atoms with Crippen LogP contribution in [0.5, 0.6) is 0 Å². The van der Waals surface area contributed by atoms with Crippen molar-refractivity contribution in [3.63, 3.8) is 0 Å². The van der Waals surface area contributed by atoms with E-state index in [1.807, 2.05) is 30.3 Å². The number of hydrogen-bond acceptors (Lipinski definition) is 2. The standard InChI is InChI=1S/C20H25NO/c22-19(6-7-21-18-4-2-1-3-5-18)14-20-11-15-8-16(12-20)10-17(9-15)13-20/h1-7,15-17,21H,8-14H2. The summed E-state index contributed by atoms with van der Waals surface area (Å²) in [5, 5.41) is 3.18. The SMILES string of the molecule is O=C(C=CNc1ccccc1)CC12CC3CC(CC(C3)C1)C2. The van der Waals surface area contributed by atoms with Crippen LogP contribution in [0.3, 0.4) is 0 Å². The van der Waals surface area contributed by atoms with Gasteiger partial charge in [0.05, 0.1) is 0 Å². The van der Waals surface area contributed by atoms with Gasteiger partial charge in [0.2, 0.25) is 0 Å². The lowest BCUT2D eigenvalue weighted by Crippen LogP contribution is -2.46. The number of allylic oxidation sites excluding steroid dienone is 1. The highest BCUT2D eigenvalue weighted by Gasteiger charge is 2.51. The number of hydrogen-bond donors (Lipinski definition) is 1. The summed E-state index contributed by atoms with van der Waals surface area (Å²) in [7, 11) is 0. The summed E-state index contributed by atoms with van der Waals surface area (Å²) >= 11 is 0. The number of benzene rings is 1. The van der Waals surface area contributed by atoms with E-state index < -0.39 is 0 Å². The van der Waals surface area contributed by atoms with Gasteiger partial charge in [-0.15, -0.1) is 0 Å². The molecular formula is C20H25NO. The molecule has 1 N–H and O–H groups in total. The lowest BCUT2D eigenvalue weighted by Gasteiger charge is -2.56. The first-order chi connectivity index (χ1) is 10.7. The molecule has 0 heterocycles. The fourth-order valence-electron chi connectivity index (χ4n) is 5.70. The highest BCUT2D eigenvalue weighted by Crippen LogP contribution is 2.61. The van der Waals surface area contributed by atoms with Gasteiger partial charge in [-0.25, -0.2) is 0 Å². The van der Waals surface area contributed by atoms with E-state index in [1.54, 1.807) is 12.3 Å². The predicted molar refractivity (Wildman–Crippen MR) is 89.4 cm³/mol. The second-order valence-electron chi connectivity index (χ2n) is 7.90.